The van der Waals surface area contributed by atoms with Gasteiger partial charge in [-0.05, 0) is 25.1 Å². The van der Waals surface area contributed by atoms with Crippen LogP contribution in [0.5, 0.6) is 0 Å². The minimum Gasteiger partial charge on any atom is -0.422 e. The number of nitrogens with zero attached hydrogens (tertiary/aromatic N) is 3. The maximum Gasteiger partial charge on any atom is 0.273 e. The van der Waals surface area contributed by atoms with Crippen molar-refractivity contribution < 1.29 is 18.2 Å². The molecule has 0 unspecified atom stereocenters. The van der Waals surface area contributed by atoms with Crippen molar-refractivity contribution in [3.63, 3.8) is 0 Å². The summed E-state index contributed by atoms with van der Waals surface area (Å²) in [6.07, 6.45) is 0.137. The van der Waals surface area contributed by atoms with E-state index in [1.54, 1.807) is 6.07 Å². The Hall–Kier alpha value is -2.78. The van der Waals surface area contributed by atoms with Gasteiger partial charge < -0.3 is 18.7 Å². The standard InChI is InChI=1S/C22H30N4O4Si/c1-15(30-31(5,6)22(2,3)4)21-25-24-19(28-21)12-13-23-20(27)17-14-18(29-26-17)16-10-8-7-9-11-16/h7-11,14-15H,12-13H2,1-6H3,(H,23,27)/t15-/m1/s1. The highest BCUT2D eigenvalue weighted by atomic mass is 28.4. The van der Waals surface area contributed by atoms with E-state index in [9.17, 15) is 4.79 Å². The molecular weight excluding hydrogens is 412 g/mol. The second-order valence-electron chi connectivity index (χ2n) is 9.00. The molecule has 1 aromatic carbocycles. The van der Waals surface area contributed by atoms with E-state index >= 15 is 0 Å². The first-order valence-electron chi connectivity index (χ1n) is 10.4. The minimum absolute atomic E-state index is 0.0931. The number of benzene rings is 1. The first kappa shape index (κ1) is 22.9. The summed E-state index contributed by atoms with van der Waals surface area (Å²) in [5.74, 6) is 1.13. The predicted molar refractivity (Wildman–Crippen MR) is 119 cm³/mol. The second-order valence-corrected chi connectivity index (χ2v) is 13.8. The zero-order valence-corrected chi connectivity index (χ0v) is 19.9. The number of aromatic nitrogens is 3. The fourth-order valence-corrected chi connectivity index (χ4v) is 4.03. The van der Waals surface area contributed by atoms with Crippen molar-refractivity contribution >= 4 is 14.2 Å². The highest BCUT2D eigenvalue weighted by Gasteiger charge is 2.39. The van der Waals surface area contributed by atoms with Gasteiger partial charge in [0.2, 0.25) is 11.8 Å². The lowest BCUT2D eigenvalue weighted by Gasteiger charge is -2.37. The Morgan fingerprint density at radius 1 is 1.19 bits per heavy atom. The van der Waals surface area contributed by atoms with Crippen LogP contribution < -0.4 is 5.32 Å². The molecular formula is C22H30N4O4Si. The molecule has 1 amide bonds. The minimum atomic E-state index is -1.94. The highest BCUT2D eigenvalue weighted by Crippen LogP contribution is 2.39. The number of carbonyl (C=O) groups excluding carboxylic acids is 1. The summed E-state index contributed by atoms with van der Waals surface area (Å²) < 4.78 is 17.3. The lowest BCUT2D eigenvalue weighted by Crippen LogP contribution is -2.41. The molecule has 31 heavy (non-hydrogen) atoms. The van der Waals surface area contributed by atoms with E-state index in [4.69, 9.17) is 13.4 Å². The van der Waals surface area contributed by atoms with Crippen molar-refractivity contribution in [1.82, 2.24) is 20.7 Å². The Bertz CT molecular complexity index is 1010. The summed E-state index contributed by atoms with van der Waals surface area (Å²) in [6.45, 7) is 13.2. The van der Waals surface area contributed by atoms with Crippen molar-refractivity contribution in [2.75, 3.05) is 6.54 Å². The van der Waals surface area contributed by atoms with Gasteiger partial charge >= 0.3 is 0 Å². The van der Waals surface area contributed by atoms with Gasteiger partial charge in [-0.3, -0.25) is 4.79 Å². The molecule has 0 aliphatic carbocycles. The summed E-state index contributed by atoms with van der Waals surface area (Å²) in [5.41, 5.74) is 1.09. The largest absolute Gasteiger partial charge is 0.422 e. The van der Waals surface area contributed by atoms with Gasteiger partial charge in [0.25, 0.3) is 5.91 Å². The molecule has 0 spiro atoms. The van der Waals surface area contributed by atoms with Crippen molar-refractivity contribution in [2.24, 2.45) is 0 Å². The number of hydrogen-bond donors (Lipinski definition) is 1. The molecule has 3 rings (SSSR count). The van der Waals surface area contributed by atoms with E-state index in [0.717, 1.165) is 5.56 Å². The molecule has 1 N–H and O–H groups in total. The zero-order chi connectivity index (χ0) is 22.6. The smallest absolute Gasteiger partial charge is 0.273 e. The molecule has 0 saturated heterocycles. The van der Waals surface area contributed by atoms with Gasteiger partial charge in [-0.15, -0.1) is 10.2 Å². The molecule has 3 aromatic rings. The first-order valence-corrected chi connectivity index (χ1v) is 13.3. The molecule has 0 aliphatic heterocycles. The van der Waals surface area contributed by atoms with Crippen LogP contribution in [0.25, 0.3) is 11.3 Å². The van der Waals surface area contributed by atoms with E-state index in [1.807, 2.05) is 37.3 Å². The number of rotatable bonds is 8. The molecule has 2 heterocycles. The van der Waals surface area contributed by atoms with Gasteiger partial charge in [-0.25, -0.2) is 0 Å². The second kappa shape index (κ2) is 9.15. The van der Waals surface area contributed by atoms with Crippen LogP contribution in [0.4, 0.5) is 0 Å². The van der Waals surface area contributed by atoms with Crippen LogP contribution in [0.15, 0.2) is 45.3 Å². The quantitative estimate of drug-likeness (QED) is 0.501. The molecule has 0 saturated carbocycles. The topological polar surface area (TPSA) is 103 Å². The predicted octanol–water partition coefficient (Wildman–Crippen LogP) is 4.78. The third kappa shape index (κ3) is 5.68. The Morgan fingerprint density at radius 3 is 2.58 bits per heavy atom. The number of amides is 1. The van der Waals surface area contributed by atoms with Crippen LogP contribution in [0.1, 0.15) is 56.1 Å². The summed E-state index contributed by atoms with van der Waals surface area (Å²) in [5, 5.41) is 14.9. The maximum absolute atomic E-state index is 12.3. The Morgan fingerprint density at radius 2 is 1.90 bits per heavy atom. The molecule has 0 fully saturated rings. The van der Waals surface area contributed by atoms with Gasteiger partial charge in [0.05, 0.1) is 0 Å². The number of nitrogens with one attached hydrogen (secondary N) is 1. The summed E-state index contributed by atoms with van der Waals surface area (Å²) >= 11 is 0. The zero-order valence-electron chi connectivity index (χ0n) is 18.9. The monoisotopic (exact) mass is 442 g/mol. The molecule has 0 bridgehead atoms. The van der Waals surface area contributed by atoms with Crippen LogP contribution in [-0.2, 0) is 10.8 Å². The molecule has 0 radical (unpaired) electrons. The lowest BCUT2D eigenvalue weighted by molar-refractivity contribution is 0.0944. The molecule has 166 valence electrons. The molecule has 2 aromatic heterocycles. The van der Waals surface area contributed by atoms with E-state index in [0.29, 0.717) is 30.5 Å². The fourth-order valence-electron chi connectivity index (χ4n) is 2.70. The molecule has 9 heteroatoms. The van der Waals surface area contributed by atoms with Gasteiger partial charge in [0.15, 0.2) is 19.8 Å². The average Bonchev–Trinajstić information content (AvgIpc) is 3.37. The third-order valence-electron chi connectivity index (χ3n) is 5.53. The summed E-state index contributed by atoms with van der Waals surface area (Å²) in [6, 6.07) is 11.1. The summed E-state index contributed by atoms with van der Waals surface area (Å²) in [7, 11) is -1.94. The van der Waals surface area contributed by atoms with Gasteiger partial charge in [0, 0.05) is 24.6 Å². The Labute approximate surface area is 183 Å². The van der Waals surface area contributed by atoms with Crippen molar-refractivity contribution in [3.8, 4) is 11.3 Å². The van der Waals surface area contributed by atoms with Crippen molar-refractivity contribution in [1.29, 1.82) is 0 Å². The van der Waals surface area contributed by atoms with E-state index in [2.05, 4.69) is 54.5 Å². The Balaban J connectivity index is 1.51. The fraction of sp³-hybridized carbons (Fsp3) is 0.455. The molecule has 8 nitrogen and oxygen atoms in total. The maximum atomic E-state index is 12.3. The van der Waals surface area contributed by atoms with Crippen LogP contribution in [-0.4, -0.2) is 36.1 Å². The first-order chi connectivity index (χ1) is 14.6. The van der Waals surface area contributed by atoms with E-state index in [1.165, 1.54) is 0 Å². The van der Waals surface area contributed by atoms with Crippen LogP contribution in [0.2, 0.25) is 18.1 Å². The van der Waals surface area contributed by atoms with Gasteiger partial charge in [-0.2, -0.15) is 0 Å². The third-order valence-corrected chi connectivity index (χ3v) is 10.1. The molecule has 0 aliphatic rings. The van der Waals surface area contributed by atoms with Crippen molar-refractivity contribution in [3.05, 3.63) is 53.9 Å². The van der Waals surface area contributed by atoms with Crippen molar-refractivity contribution in [2.45, 2.75) is 58.4 Å². The van der Waals surface area contributed by atoms with Crippen LogP contribution in [0.3, 0.4) is 0 Å². The van der Waals surface area contributed by atoms with Crippen LogP contribution >= 0.6 is 0 Å². The Kier molecular flexibility index (Phi) is 6.76. The number of hydrogen-bond acceptors (Lipinski definition) is 7. The molecule has 1 atom stereocenters. The van der Waals surface area contributed by atoms with Gasteiger partial charge in [-0.1, -0.05) is 56.3 Å². The highest BCUT2D eigenvalue weighted by molar-refractivity contribution is 6.74. The summed E-state index contributed by atoms with van der Waals surface area (Å²) in [4.78, 5) is 12.3. The SMILES string of the molecule is C[C@@H](O[Si](C)(C)C(C)(C)C)c1nnc(CCNC(=O)c2cc(-c3ccccc3)on2)o1. The lowest BCUT2D eigenvalue weighted by atomic mass is 10.1. The van der Waals surface area contributed by atoms with E-state index < -0.39 is 8.32 Å². The number of carbonyl (C=O) groups is 1. The van der Waals surface area contributed by atoms with E-state index in [-0.39, 0.29) is 22.7 Å². The average molecular weight is 443 g/mol. The van der Waals surface area contributed by atoms with Gasteiger partial charge in [0.1, 0.15) is 6.10 Å². The van der Waals surface area contributed by atoms with Crippen LogP contribution in [0, 0.1) is 0 Å². The normalized spacial score (nSPS) is 13.2.